The highest BCUT2D eigenvalue weighted by Crippen LogP contribution is 2.50. The van der Waals surface area contributed by atoms with Gasteiger partial charge >= 0.3 is 0 Å². The second-order valence-electron chi connectivity index (χ2n) is 2.65. The highest BCUT2D eigenvalue weighted by Gasteiger charge is 2.04. The first kappa shape index (κ1) is 13.8. The van der Waals surface area contributed by atoms with Gasteiger partial charge in [0, 0.05) is 0 Å². The molecule has 0 aromatic rings. The summed E-state index contributed by atoms with van der Waals surface area (Å²) in [5, 5.41) is 0. The summed E-state index contributed by atoms with van der Waals surface area (Å²) in [5.41, 5.74) is 0.814. The van der Waals surface area contributed by atoms with E-state index in [0.29, 0.717) is 5.82 Å². The van der Waals surface area contributed by atoms with Gasteiger partial charge in [0.05, 0.1) is 7.82 Å². The summed E-state index contributed by atoms with van der Waals surface area (Å²) >= 11 is 0. The molecule has 0 bridgehead atoms. The van der Waals surface area contributed by atoms with Gasteiger partial charge in [-0.15, -0.1) is 0 Å². The minimum absolute atomic E-state index is 0.516. The third-order valence-electron chi connectivity index (χ3n) is 0.912. The number of phosphoric acid groups is 1. The van der Waals surface area contributed by atoms with Crippen LogP contribution in [0.3, 0.4) is 0 Å². The van der Waals surface area contributed by atoms with Crippen molar-refractivity contribution in [1.29, 1.82) is 0 Å². The quantitative estimate of drug-likeness (QED) is 0.498. The average molecular weight is 239 g/mol. The van der Waals surface area contributed by atoms with Gasteiger partial charge in [-0.1, -0.05) is 17.7 Å². The summed E-state index contributed by atoms with van der Waals surface area (Å²) in [4.78, 5) is 30.7. The molecule has 0 aromatic heterocycles. The molecule has 0 fully saturated rings. The van der Waals surface area contributed by atoms with Crippen molar-refractivity contribution in [3.05, 3.63) is 23.5 Å². The monoisotopic (exact) mass is 239 g/mol. The summed E-state index contributed by atoms with van der Waals surface area (Å²) < 4.78 is 24.1. The van der Waals surface area contributed by atoms with Gasteiger partial charge in [-0.2, -0.15) is 0 Å². The summed E-state index contributed by atoms with van der Waals surface area (Å²) in [7, 11) is -10.2. The maximum Gasteiger partial charge on any atom is 0.161 e. The van der Waals surface area contributed by atoms with Crippen LogP contribution in [0, 0.1) is 0 Å². The van der Waals surface area contributed by atoms with E-state index in [2.05, 4.69) is 4.31 Å². The van der Waals surface area contributed by atoms with Crippen LogP contribution >= 0.6 is 15.4 Å². The summed E-state index contributed by atoms with van der Waals surface area (Å²) in [5.74, 6) is 0.516. The lowest BCUT2D eigenvalue weighted by molar-refractivity contribution is -0.337. The molecule has 0 amide bonds. The van der Waals surface area contributed by atoms with Gasteiger partial charge < -0.3 is 28.1 Å². The smallest absolute Gasteiger partial charge is 0.161 e. The Labute approximate surface area is 81.7 Å². The van der Waals surface area contributed by atoms with E-state index in [0.717, 1.165) is 11.6 Å². The molecule has 0 rings (SSSR count). The Morgan fingerprint density at radius 1 is 1.21 bits per heavy atom. The molecule has 0 saturated carbocycles. The lowest BCUT2D eigenvalue weighted by Crippen LogP contribution is -2.17. The standard InChI is InChI=1S/C6H12O6P2/c1-6(2)4-3-5-13(7,8)12-14(9,10)11/h3-5H,1-2H3,(H,7,8)(H2,9,10,11)/p-3/b5-3+. The zero-order valence-corrected chi connectivity index (χ0v) is 9.36. The van der Waals surface area contributed by atoms with E-state index < -0.39 is 15.4 Å². The Morgan fingerprint density at radius 3 is 2.07 bits per heavy atom. The molecule has 0 aliphatic heterocycles. The molecule has 0 spiro atoms. The molecule has 6 nitrogen and oxygen atoms in total. The lowest BCUT2D eigenvalue weighted by atomic mass is 10.3. The summed E-state index contributed by atoms with van der Waals surface area (Å²) in [6.45, 7) is 3.43. The van der Waals surface area contributed by atoms with E-state index in [1.165, 1.54) is 6.08 Å². The zero-order valence-electron chi connectivity index (χ0n) is 7.58. The van der Waals surface area contributed by atoms with Crippen LogP contribution in [0.5, 0.6) is 0 Å². The molecule has 0 aliphatic carbocycles. The fourth-order valence-corrected chi connectivity index (χ4v) is 2.14. The summed E-state index contributed by atoms with van der Waals surface area (Å²) in [6, 6.07) is 0. The second-order valence-corrected chi connectivity index (χ2v) is 5.58. The third kappa shape index (κ3) is 8.38. The van der Waals surface area contributed by atoms with Gasteiger partial charge in [0.2, 0.25) is 0 Å². The fraction of sp³-hybridized carbons (Fsp3) is 0.333. The van der Waals surface area contributed by atoms with Crippen molar-refractivity contribution in [2.75, 3.05) is 0 Å². The van der Waals surface area contributed by atoms with Crippen molar-refractivity contribution in [3.63, 3.8) is 0 Å². The van der Waals surface area contributed by atoms with Crippen LogP contribution in [0.4, 0.5) is 0 Å². The lowest BCUT2D eigenvalue weighted by Gasteiger charge is -2.34. The predicted molar refractivity (Wildman–Crippen MR) is 44.9 cm³/mol. The molecule has 8 heteroatoms. The van der Waals surface area contributed by atoms with Crippen LogP contribution < -0.4 is 14.7 Å². The number of hydrogen-bond donors (Lipinski definition) is 0. The third-order valence-corrected chi connectivity index (χ3v) is 3.16. The van der Waals surface area contributed by atoms with Crippen molar-refractivity contribution in [1.82, 2.24) is 0 Å². The molecular formula is C6H9O6P2-3. The normalized spacial score (nSPS) is 16.6. The fourth-order valence-electron chi connectivity index (χ4n) is 0.507. The van der Waals surface area contributed by atoms with Crippen LogP contribution in [-0.2, 0) is 13.4 Å². The van der Waals surface area contributed by atoms with E-state index >= 15 is 0 Å². The molecular weight excluding hydrogens is 230 g/mol. The highest BCUT2D eigenvalue weighted by molar-refractivity contribution is 7.63. The van der Waals surface area contributed by atoms with Gasteiger partial charge in [0.15, 0.2) is 7.60 Å². The second kappa shape index (κ2) is 5.03. The van der Waals surface area contributed by atoms with Crippen LogP contribution in [0.2, 0.25) is 0 Å². The van der Waals surface area contributed by atoms with E-state index in [1.54, 1.807) is 13.8 Å². The maximum absolute atomic E-state index is 10.7. The van der Waals surface area contributed by atoms with Gasteiger partial charge in [-0.3, -0.25) is 0 Å². The van der Waals surface area contributed by atoms with Crippen molar-refractivity contribution >= 4 is 15.4 Å². The predicted octanol–water partition coefficient (Wildman–Crippen LogP) is -0.135. The van der Waals surface area contributed by atoms with E-state index in [4.69, 9.17) is 0 Å². The Balaban J connectivity index is 4.52. The molecule has 1 atom stereocenters. The van der Waals surface area contributed by atoms with Gasteiger partial charge in [0.25, 0.3) is 0 Å². The van der Waals surface area contributed by atoms with Crippen LogP contribution in [0.1, 0.15) is 13.8 Å². The molecule has 0 aromatic carbocycles. The van der Waals surface area contributed by atoms with Gasteiger partial charge in [-0.25, -0.2) is 0 Å². The first-order chi connectivity index (χ1) is 6.12. The van der Waals surface area contributed by atoms with Crippen molar-refractivity contribution in [2.45, 2.75) is 13.8 Å². The first-order valence-corrected chi connectivity index (χ1v) is 6.56. The Hall–Kier alpha value is -0.220. The van der Waals surface area contributed by atoms with Crippen molar-refractivity contribution < 1.29 is 28.1 Å². The molecule has 0 N–H and O–H groups in total. The van der Waals surface area contributed by atoms with Crippen molar-refractivity contribution in [3.8, 4) is 0 Å². The number of allylic oxidation sites excluding steroid dienone is 3. The van der Waals surface area contributed by atoms with Gasteiger partial charge in [-0.05, 0) is 19.7 Å². The first-order valence-electron chi connectivity index (χ1n) is 3.49. The van der Waals surface area contributed by atoms with Gasteiger partial charge in [0.1, 0.15) is 0 Å². The van der Waals surface area contributed by atoms with Crippen molar-refractivity contribution in [2.24, 2.45) is 0 Å². The van der Waals surface area contributed by atoms with E-state index in [-0.39, 0.29) is 0 Å². The molecule has 0 heterocycles. The highest BCUT2D eigenvalue weighted by atomic mass is 31.3. The topological polar surface area (TPSA) is 113 Å². The number of rotatable bonds is 4. The molecule has 0 saturated heterocycles. The molecule has 0 radical (unpaired) electrons. The largest absolute Gasteiger partial charge is 0.790 e. The van der Waals surface area contributed by atoms with Crippen LogP contribution in [-0.4, -0.2) is 0 Å². The molecule has 0 aliphatic rings. The SMILES string of the molecule is CC(C)=C/C=C/P(=O)([O-])OP(=O)([O-])[O-]. The van der Waals surface area contributed by atoms with Crippen LogP contribution in [0.25, 0.3) is 0 Å². The van der Waals surface area contributed by atoms with Crippen LogP contribution in [0.15, 0.2) is 23.5 Å². The average Bonchev–Trinajstić information content (AvgIpc) is 1.78. The maximum atomic E-state index is 10.7. The summed E-state index contributed by atoms with van der Waals surface area (Å²) in [6.07, 6.45) is 2.51. The Morgan fingerprint density at radius 2 is 1.71 bits per heavy atom. The minimum atomic E-state index is -5.50. The molecule has 14 heavy (non-hydrogen) atoms. The Bertz CT molecular complexity index is 334. The zero-order chi connectivity index (χ0) is 11.4. The number of hydrogen-bond acceptors (Lipinski definition) is 6. The Kier molecular flexibility index (Phi) is 4.95. The minimum Gasteiger partial charge on any atom is -0.790 e. The van der Waals surface area contributed by atoms with E-state index in [1.807, 2.05) is 0 Å². The molecule has 82 valence electrons. The molecule has 1 unspecified atom stereocenters. The van der Waals surface area contributed by atoms with E-state index in [9.17, 15) is 23.8 Å².